The van der Waals surface area contributed by atoms with Crippen LogP contribution < -0.4 is 25.8 Å². The molecule has 1 amide bonds. The molecular weight excluding hydrogens is 378 g/mol. The minimum absolute atomic E-state index is 0.231. The molecule has 0 aliphatic rings. The van der Waals surface area contributed by atoms with Crippen molar-refractivity contribution in [3.8, 4) is 11.5 Å². The van der Waals surface area contributed by atoms with Crippen LogP contribution in [0.1, 0.15) is 11.1 Å². The molecule has 0 spiro atoms. The minimum atomic E-state index is -0.231. The molecule has 0 heterocycles. The van der Waals surface area contributed by atoms with Crippen LogP contribution in [-0.4, -0.2) is 20.1 Å². The molecule has 0 radical (unpaired) electrons. The lowest BCUT2D eigenvalue weighted by atomic mass is 10.1. The maximum absolute atomic E-state index is 12.1. The Morgan fingerprint density at radius 2 is 1.63 bits per heavy atom. The standard InChI is InChI=1S/C24H25N3O3/c1-29-20-13-19(14-21(15-20)30-2)26-16-18-9-7-17(8-10-18)11-12-24(28)27-23-6-4-3-5-22(23)25/h3-15,26H,16,25H2,1-2H3,(H,27,28). The summed E-state index contributed by atoms with van der Waals surface area (Å²) < 4.78 is 10.6. The van der Waals surface area contributed by atoms with E-state index in [4.69, 9.17) is 15.2 Å². The Morgan fingerprint density at radius 1 is 0.967 bits per heavy atom. The molecule has 0 saturated carbocycles. The third-order valence-electron chi connectivity index (χ3n) is 4.47. The first-order valence-corrected chi connectivity index (χ1v) is 9.47. The Morgan fingerprint density at radius 3 is 2.27 bits per heavy atom. The second-order valence-electron chi connectivity index (χ2n) is 6.61. The lowest BCUT2D eigenvalue weighted by molar-refractivity contribution is -0.111. The van der Waals surface area contributed by atoms with Gasteiger partial charge in [0.05, 0.1) is 25.6 Å². The third kappa shape index (κ3) is 5.78. The molecule has 0 bridgehead atoms. The van der Waals surface area contributed by atoms with Crippen LogP contribution >= 0.6 is 0 Å². The van der Waals surface area contributed by atoms with Gasteiger partial charge in [0.25, 0.3) is 0 Å². The van der Waals surface area contributed by atoms with Gasteiger partial charge in [-0.1, -0.05) is 36.4 Å². The fourth-order valence-electron chi connectivity index (χ4n) is 2.82. The van der Waals surface area contributed by atoms with Crippen molar-refractivity contribution in [3.05, 3.63) is 83.9 Å². The zero-order chi connectivity index (χ0) is 21.3. The van der Waals surface area contributed by atoms with E-state index in [1.807, 2.05) is 54.6 Å². The van der Waals surface area contributed by atoms with Gasteiger partial charge in [0, 0.05) is 36.5 Å². The normalized spacial score (nSPS) is 10.6. The molecule has 154 valence electrons. The molecule has 6 heteroatoms. The second kappa shape index (κ2) is 10.0. The summed E-state index contributed by atoms with van der Waals surface area (Å²) >= 11 is 0. The molecule has 3 aromatic carbocycles. The van der Waals surface area contributed by atoms with E-state index in [1.54, 1.807) is 32.4 Å². The molecule has 3 aromatic rings. The molecule has 3 rings (SSSR count). The number of ether oxygens (including phenoxy) is 2. The summed E-state index contributed by atoms with van der Waals surface area (Å²) in [6.07, 6.45) is 3.25. The van der Waals surface area contributed by atoms with Crippen molar-refractivity contribution in [2.75, 3.05) is 30.6 Å². The van der Waals surface area contributed by atoms with Gasteiger partial charge in [0.15, 0.2) is 0 Å². The predicted octanol–water partition coefficient (Wildman–Crippen LogP) is 4.55. The molecule has 0 aromatic heterocycles. The summed E-state index contributed by atoms with van der Waals surface area (Å²) in [5.41, 5.74) is 9.91. The Balaban J connectivity index is 1.56. The van der Waals surface area contributed by atoms with Crippen LogP contribution in [0.15, 0.2) is 72.8 Å². The van der Waals surface area contributed by atoms with Gasteiger partial charge in [-0.15, -0.1) is 0 Å². The first kappa shape index (κ1) is 20.8. The molecular formula is C24H25N3O3. The third-order valence-corrected chi connectivity index (χ3v) is 4.47. The van der Waals surface area contributed by atoms with Gasteiger partial charge in [-0.05, 0) is 29.3 Å². The molecule has 6 nitrogen and oxygen atoms in total. The summed E-state index contributed by atoms with van der Waals surface area (Å²) in [7, 11) is 3.25. The SMILES string of the molecule is COc1cc(NCc2ccc(C=CC(=O)Nc3ccccc3N)cc2)cc(OC)c1. The van der Waals surface area contributed by atoms with E-state index in [0.717, 1.165) is 28.3 Å². The maximum atomic E-state index is 12.1. The van der Waals surface area contributed by atoms with Crippen LogP contribution in [0.3, 0.4) is 0 Å². The van der Waals surface area contributed by atoms with Crippen molar-refractivity contribution in [1.29, 1.82) is 0 Å². The molecule has 0 unspecified atom stereocenters. The highest BCUT2D eigenvalue weighted by atomic mass is 16.5. The summed E-state index contributed by atoms with van der Waals surface area (Å²) in [4.78, 5) is 12.1. The van der Waals surface area contributed by atoms with Crippen molar-refractivity contribution in [2.24, 2.45) is 0 Å². The van der Waals surface area contributed by atoms with Gasteiger partial charge in [-0.25, -0.2) is 0 Å². The number of amides is 1. The monoisotopic (exact) mass is 403 g/mol. The van der Waals surface area contributed by atoms with Gasteiger partial charge in [0.1, 0.15) is 11.5 Å². The summed E-state index contributed by atoms with van der Waals surface area (Å²) in [6.45, 7) is 0.647. The molecule has 4 N–H and O–H groups in total. The Kier molecular flexibility index (Phi) is 6.95. The number of methoxy groups -OCH3 is 2. The number of hydrogen-bond donors (Lipinski definition) is 3. The Hall–Kier alpha value is -3.93. The highest BCUT2D eigenvalue weighted by molar-refractivity contribution is 6.03. The van der Waals surface area contributed by atoms with Gasteiger partial charge in [-0.2, -0.15) is 0 Å². The van der Waals surface area contributed by atoms with E-state index in [2.05, 4.69) is 10.6 Å². The minimum Gasteiger partial charge on any atom is -0.497 e. The van der Waals surface area contributed by atoms with Crippen LogP contribution in [-0.2, 0) is 11.3 Å². The van der Waals surface area contributed by atoms with Gasteiger partial charge < -0.3 is 25.8 Å². The Bertz CT molecular complexity index is 1010. The van der Waals surface area contributed by atoms with Crippen molar-refractivity contribution >= 4 is 29.0 Å². The van der Waals surface area contributed by atoms with E-state index in [-0.39, 0.29) is 5.91 Å². The number of carbonyl (C=O) groups is 1. The highest BCUT2D eigenvalue weighted by Gasteiger charge is 2.03. The Labute approximate surface area is 176 Å². The average molecular weight is 403 g/mol. The number of para-hydroxylation sites is 2. The van der Waals surface area contributed by atoms with Crippen molar-refractivity contribution in [2.45, 2.75) is 6.54 Å². The summed E-state index contributed by atoms with van der Waals surface area (Å²) in [6, 6.07) is 20.8. The molecule has 0 saturated heterocycles. The zero-order valence-electron chi connectivity index (χ0n) is 17.0. The van der Waals surface area contributed by atoms with E-state index in [1.165, 1.54) is 6.08 Å². The second-order valence-corrected chi connectivity index (χ2v) is 6.61. The van der Waals surface area contributed by atoms with Crippen LogP contribution in [0.5, 0.6) is 11.5 Å². The summed E-state index contributed by atoms with van der Waals surface area (Å²) in [5, 5.41) is 6.13. The number of rotatable bonds is 8. The lowest BCUT2D eigenvalue weighted by Gasteiger charge is -2.11. The number of hydrogen-bond acceptors (Lipinski definition) is 5. The van der Waals surface area contributed by atoms with Gasteiger partial charge in [-0.3, -0.25) is 4.79 Å². The zero-order valence-corrected chi connectivity index (χ0v) is 17.0. The number of benzene rings is 3. The highest BCUT2D eigenvalue weighted by Crippen LogP contribution is 2.26. The first-order chi connectivity index (χ1) is 14.6. The van der Waals surface area contributed by atoms with Gasteiger partial charge in [0.2, 0.25) is 5.91 Å². The fourth-order valence-corrected chi connectivity index (χ4v) is 2.82. The molecule has 0 fully saturated rings. The maximum Gasteiger partial charge on any atom is 0.248 e. The molecule has 30 heavy (non-hydrogen) atoms. The first-order valence-electron chi connectivity index (χ1n) is 9.47. The number of carbonyl (C=O) groups excluding carboxylic acids is 1. The topological polar surface area (TPSA) is 85.6 Å². The van der Waals surface area contributed by atoms with Crippen molar-refractivity contribution in [3.63, 3.8) is 0 Å². The average Bonchev–Trinajstić information content (AvgIpc) is 2.78. The van der Waals surface area contributed by atoms with E-state index >= 15 is 0 Å². The lowest BCUT2D eigenvalue weighted by Crippen LogP contribution is -2.09. The van der Waals surface area contributed by atoms with E-state index in [0.29, 0.717) is 17.9 Å². The van der Waals surface area contributed by atoms with E-state index < -0.39 is 0 Å². The van der Waals surface area contributed by atoms with Crippen molar-refractivity contribution < 1.29 is 14.3 Å². The predicted molar refractivity (Wildman–Crippen MR) is 122 cm³/mol. The smallest absolute Gasteiger partial charge is 0.248 e. The van der Waals surface area contributed by atoms with Crippen molar-refractivity contribution in [1.82, 2.24) is 0 Å². The molecule has 0 atom stereocenters. The number of nitrogen functional groups attached to an aromatic ring is 1. The van der Waals surface area contributed by atoms with Crippen LogP contribution in [0.4, 0.5) is 17.1 Å². The van der Waals surface area contributed by atoms with Crippen LogP contribution in [0.2, 0.25) is 0 Å². The number of nitrogens with two attached hydrogens (primary N) is 1. The largest absolute Gasteiger partial charge is 0.497 e. The molecule has 0 aliphatic heterocycles. The number of nitrogens with one attached hydrogen (secondary N) is 2. The molecule has 0 aliphatic carbocycles. The van der Waals surface area contributed by atoms with Crippen LogP contribution in [0.25, 0.3) is 6.08 Å². The fraction of sp³-hybridized carbons (Fsp3) is 0.125. The van der Waals surface area contributed by atoms with Crippen LogP contribution in [0, 0.1) is 0 Å². The quantitative estimate of drug-likeness (QED) is 0.379. The van der Waals surface area contributed by atoms with E-state index in [9.17, 15) is 4.79 Å². The summed E-state index contributed by atoms with van der Waals surface area (Å²) in [5.74, 6) is 1.23. The van der Waals surface area contributed by atoms with Gasteiger partial charge >= 0.3 is 0 Å². The number of anilines is 3.